The van der Waals surface area contributed by atoms with Gasteiger partial charge in [0, 0.05) is 12.6 Å². The molecule has 6 nitrogen and oxygen atoms in total. The summed E-state index contributed by atoms with van der Waals surface area (Å²) in [6.45, 7) is 4.58. The van der Waals surface area contributed by atoms with Gasteiger partial charge < -0.3 is 9.73 Å². The van der Waals surface area contributed by atoms with Crippen LogP contribution in [0.4, 0.5) is 0 Å². The fraction of sp³-hybridized carbons (Fsp3) is 0.174. The van der Waals surface area contributed by atoms with Crippen LogP contribution in [-0.2, 0) is 27.9 Å². The van der Waals surface area contributed by atoms with E-state index in [4.69, 9.17) is 4.42 Å². The molecule has 0 unspecified atom stereocenters. The summed E-state index contributed by atoms with van der Waals surface area (Å²) in [5.74, 6) is 0.316. The van der Waals surface area contributed by atoms with Gasteiger partial charge in [0.1, 0.15) is 5.76 Å². The summed E-state index contributed by atoms with van der Waals surface area (Å²) in [6.07, 6.45) is 4.56. The van der Waals surface area contributed by atoms with Crippen LogP contribution < -0.4 is 10.0 Å². The second-order valence-electron chi connectivity index (χ2n) is 6.95. The SMILES string of the molecule is Cc1ccc(CNC(=O)/C=C/c2ccc(S(=O)(=O)NCc3ccco3)cc2)c(C)c1. The molecule has 1 aromatic heterocycles. The summed E-state index contributed by atoms with van der Waals surface area (Å²) in [5, 5.41) is 2.85. The van der Waals surface area contributed by atoms with E-state index in [-0.39, 0.29) is 17.3 Å². The van der Waals surface area contributed by atoms with Crippen molar-refractivity contribution in [2.45, 2.75) is 31.8 Å². The van der Waals surface area contributed by atoms with Crippen molar-refractivity contribution in [3.8, 4) is 0 Å². The van der Waals surface area contributed by atoms with E-state index in [0.717, 1.165) is 16.7 Å². The zero-order valence-electron chi connectivity index (χ0n) is 16.9. The van der Waals surface area contributed by atoms with Crippen LogP contribution in [0.3, 0.4) is 0 Å². The van der Waals surface area contributed by atoms with Gasteiger partial charge in [-0.15, -0.1) is 0 Å². The first-order valence-corrected chi connectivity index (χ1v) is 11.0. The molecule has 1 amide bonds. The first-order valence-electron chi connectivity index (χ1n) is 9.48. The van der Waals surface area contributed by atoms with Gasteiger partial charge >= 0.3 is 0 Å². The third-order valence-corrected chi connectivity index (χ3v) is 6.00. The molecule has 0 saturated carbocycles. The second-order valence-corrected chi connectivity index (χ2v) is 8.72. The number of hydrogen-bond donors (Lipinski definition) is 2. The number of nitrogens with one attached hydrogen (secondary N) is 2. The molecule has 1 heterocycles. The van der Waals surface area contributed by atoms with E-state index in [9.17, 15) is 13.2 Å². The Morgan fingerprint density at radius 2 is 1.80 bits per heavy atom. The van der Waals surface area contributed by atoms with Gasteiger partial charge in [0.25, 0.3) is 0 Å². The van der Waals surface area contributed by atoms with E-state index in [1.54, 1.807) is 30.3 Å². The topological polar surface area (TPSA) is 88.4 Å². The van der Waals surface area contributed by atoms with Gasteiger partial charge in [-0.1, -0.05) is 35.9 Å². The molecule has 2 N–H and O–H groups in total. The summed E-state index contributed by atoms with van der Waals surface area (Å²) >= 11 is 0. The Hall–Kier alpha value is -3.16. The lowest BCUT2D eigenvalue weighted by molar-refractivity contribution is -0.116. The van der Waals surface area contributed by atoms with Gasteiger partial charge in [0.05, 0.1) is 17.7 Å². The molecule has 0 saturated heterocycles. The van der Waals surface area contributed by atoms with E-state index in [0.29, 0.717) is 12.3 Å². The van der Waals surface area contributed by atoms with E-state index in [1.807, 2.05) is 26.0 Å². The average molecular weight is 425 g/mol. The number of carbonyl (C=O) groups is 1. The summed E-state index contributed by atoms with van der Waals surface area (Å²) in [4.78, 5) is 12.2. The predicted octanol–water partition coefficient (Wildman–Crippen LogP) is 3.70. The fourth-order valence-electron chi connectivity index (χ4n) is 2.88. The number of hydrogen-bond acceptors (Lipinski definition) is 4. The maximum Gasteiger partial charge on any atom is 0.244 e. The number of carbonyl (C=O) groups excluding carboxylic acids is 1. The van der Waals surface area contributed by atoms with Crippen molar-refractivity contribution in [2.75, 3.05) is 0 Å². The van der Waals surface area contributed by atoms with Crippen molar-refractivity contribution in [3.05, 3.63) is 95.0 Å². The fourth-order valence-corrected chi connectivity index (χ4v) is 3.87. The normalized spacial score (nSPS) is 11.7. The molecule has 0 aliphatic rings. The van der Waals surface area contributed by atoms with Gasteiger partial charge in [0.2, 0.25) is 15.9 Å². The number of sulfonamides is 1. The lowest BCUT2D eigenvalue weighted by atomic mass is 10.1. The van der Waals surface area contributed by atoms with Gasteiger partial charge in [-0.25, -0.2) is 13.1 Å². The third-order valence-electron chi connectivity index (χ3n) is 4.59. The number of rotatable bonds is 8. The van der Waals surface area contributed by atoms with Crippen LogP contribution in [0.5, 0.6) is 0 Å². The number of furan rings is 1. The molecule has 0 fully saturated rings. The standard InChI is InChI=1S/C23H24N2O4S/c1-17-5-9-20(18(2)14-17)15-24-23(26)12-8-19-6-10-22(11-7-19)30(27,28)25-16-21-4-3-13-29-21/h3-14,25H,15-16H2,1-2H3,(H,24,26)/b12-8+. The molecule has 30 heavy (non-hydrogen) atoms. The quantitative estimate of drug-likeness (QED) is 0.540. The maximum absolute atomic E-state index is 12.3. The van der Waals surface area contributed by atoms with Crippen molar-refractivity contribution in [1.82, 2.24) is 10.0 Å². The Morgan fingerprint density at radius 3 is 2.47 bits per heavy atom. The lowest BCUT2D eigenvalue weighted by Gasteiger charge is -2.07. The summed E-state index contributed by atoms with van der Waals surface area (Å²) < 4.78 is 32.3. The van der Waals surface area contributed by atoms with Crippen molar-refractivity contribution in [3.63, 3.8) is 0 Å². The summed E-state index contributed by atoms with van der Waals surface area (Å²) in [7, 11) is -3.64. The Bertz CT molecular complexity index is 1130. The van der Waals surface area contributed by atoms with Gasteiger partial charge in [0.15, 0.2) is 0 Å². The van der Waals surface area contributed by atoms with Crippen molar-refractivity contribution >= 4 is 22.0 Å². The molecule has 3 rings (SSSR count). The average Bonchev–Trinajstić information content (AvgIpc) is 3.24. The lowest BCUT2D eigenvalue weighted by Crippen LogP contribution is -2.22. The minimum absolute atomic E-state index is 0.0810. The minimum atomic E-state index is -3.64. The second kappa shape index (κ2) is 9.56. The smallest absolute Gasteiger partial charge is 0.244 e. The molecular formula is C23H24N2O4S. The van der Waals surface area contributed by atoms with Crippen LogP contribution in [0.2, 0.25) is 0 Å². The predicted molar refractivity (Wildman–Crippen MR) is 116 cm³/mol. The minimum Gasteiger partial charge on any atom is -0.468 e. The van der Waals surface area contributed by atoms with Gasteiger partial charge in [-0.05, 0) is 60.9 Å². The molecule has 2 aromatic carbocycles. The summed E-state index contributed by atoms with van der Waals surface area (Å²) in [5.41, 5.74) is 4.11. The maximum atomic E-state index is 12.3. The Balaban J connectivity index is 1.55. The highest BCUT2D eigenvalue weighted by atomic mass is 32.2. The zero-order valence-corrected chi connectivity index (χ0v) is 17.7. The zero-order chi connectivity index (χ0) is 21.6. The number of benzene rings is 2. The van der Waals surface area contributed by atoms with Crippen LogP contribution in [-0.4, -0.2) is 14.3 Å². The van der Waals surface area contributed by atoms with Crippen LogP contribution in [0.15, 0.2) is 76.2 Å². The van der Waals surface area contributed by atoms with Crippen LogP contribution in [0, 0.1) is 13.8 Å². The number of amides is 1. The largest absolute Gasteiger partial charge is 0.468 e. The van der Waals surface area contributed by atoms with Crippen LogP contribution in [0.1, 0.15) is 28.0 Å². The molecule has 3 aromatic rings. The Labute approximate surface area is 176 Å². The molecule has 0 radical (unpaired) electrons. The van der Waals surface area contributed by atoms with Crippen molar-refractivity contribution in [1.29, 1.82) is 0 Å². The first-order chi connectivity index (χ1) is 14.3. The van der Waals surface area contributed by atoms with E-state index in [1.165, 1.54) is 30.0 Å². The highest BCUT2D eigenvalue weighted by Gasteiger charge is 2.14. The third kappa shape index (κ3) is 5.92. The molecular weight excluding hydrogens is 400 g/mol. The molecule has 0 aliphatic carbocycles. The molecule has 0 bridgehead atoms. The van der Waals surface area contributed by atoms with Crippen molar-refractivity contribution in [2.24, 2.45) is 0 Å². The van der Waals surface area contributed by atoms with E-state index in [2.05, 4.69) is 16.1 Å². The molecule has 0 spiro atoms. The monoisotopic (exact) mass is 424 g/mol. The van der Waals surface area contributed by atoms with Crippen LogP contribution in [0.25, 0.3) is 6.08 Å². The first kappa shape index (κ1) is 21.5. The summed E-state index contributed by atoms with van der Waals surface area (Å²) in [6, 6.07) is 15.8. The molecule has 0 atom stereocenters. The van der Waals surface area contributed by atoms with Crippen molar-refractivity contribution < 1.29 is 17.6 Å². The highest BCUT2D eigenvalue weighted by molar-refractivity contribution is 7.89. The molecule has 156 valence electrons. The van der Waals surface area contributed by atoms with Gasteiger partial charge in [-0.3, -0.25) is 4.79 Å². The van der Waals surface area contributed by atoms with E-state index >= 15 is 0 Å². The van der Waals surface area contributed by atoms with Crippen LogP contribution >= 0.6 is 0 Å². The Kier molecular flexibility index (Phi) is 6.87. The number of aryl methyl sites for hydroxylation is 2. The Morgan fingerprint density at radius 1 is 1.03 bits per heavy atom. The highest BCUT2D eigenvalue weighted by Crippen LogP contribution is 2.13. The molecule has 7 heteroatoms. The molecule has 0 aliphatic heterocycles. The van der Waals surface area contributed by atoms with E-state index < -0.39 is 10.0 Å². The van der Waals surface area contributed by atoms with Gasteiger partial charge in [-0.2, -0.15) is 0 Å².